The first-order valence-electron chi connectivity index (χ1n) is 12.2. The van der Waals surface area contributed by atoms with E-state index < -0.39 is 5.54 Å². The van der Waals surface area contributed by atoms with Crippen molar-refractivity contribution in [1.29, 1.82) is 0 Å². The van der Waals surface area contributed by atoms with Gasteiger partial charge in [-0.2, -0.15) is 0 Å². The Hall–Kier alpha value is -4.15. The highest BCUT2D eigenvalue weighted by molar-refractivity contribution is 6.04. The van der Waals surface area contributed by atoms with Crippen LogP contribution in [0.25, 0.3) is 11.0 Å². The number of carbonyl (C=O) groups excluding carboxylic acids is 1. The fourth-order valence-electron chi connectivity index (χ4n) is 4.07. The predicted octanol–water partition coefficient (Wildman–Crippen LogP) is 4.12. The van der Waals surface area contributed by atoms with Crippen molar-refractivity contribution >= 4 is 40.1 Å². The molecule has 1 saturated heterocycles. The van der Waals surface area contributed by atoms with Crippen LogP contribution in [0.15, 0.2) is 55.0 Å². The summed E-state index contributed by atoms with van der Waals surface area (Å²) in [4.78, 5) is 30.7. The molecule has 5 N–H and O–H groups in total. The van der Waals surface area contributed by atoms with Crippen molar-refractivity contribution in [2.75, 3.05) is 29.2 Å². The molecule has 10 heteroatoms. The van der Waals surface area contributed by atoms with Gasteiger partial charge in [0.2, 0.25) is 5.95 Å². The van der Waals surface area contributed by atoms with Crippen LogP contribution in [0.3, 0.4) is 0 Å². The van der Waals surface area contributed by atoms with Crippen molar-refractivity contribution < 1.29 is 9.53 Å². The van der Waals surface area contributed by atoms with Crippen LogP contribution in [-0.2, 0) is 10.3 Å². The van der Waals surface area contributed by atoms with Gasteiger partial charge in [-0.1, -0.05) is 18.2 Å². The zero-order valence-corrected chi connectivity index (χ0v) is 21.1. The molecule has 0 aliphatic carbocycles. The molecule has 1 atom stereocenters. The summed E-state index contributed by atoms with van der Waals surface area (Å²) in [6.45, 7) is 7.15. The van der Waals surface area contributed by atoms with Crippen LogP contribution in [0.2, 0.25) is 0 Å². The fourth-order valence-corrected chi connectivity index (χ4v) is 4.07. The number of nitrogens with one attached hydrogen (secondary N) is 3. The molecule has 1 fully saturated rings. The topological polar surface area (TPSA) is 140 Å². The first kappa shape index (κ1) is 24.5. The molecule has 0 bridgehead atoms. The molecule has 0 spiro atoms. The van der Waals surface area contributed by atoms with Gasteiger partial charge in [0.15, 0.2) is 5.82 Å². The second-order valence-electron chi connectivity index (χ2n) is 9.77. The van der Waals surface area contributed by atoms with E-state index in [1.165, 1.54) is 6.33 Å². The fraction of sp³-hybridized carbons (Fsp3) is 0.296. The summed E-state index contributed by atoms with van der Waals surface area (Å²) in [5.74, 6) is 0.830. The molecule has 2 aromatic carbocycles. The Labute approximate surface area is 215 Å². The molecule has 3 heterocycles. The van der Waals surface area contributed by atoms with Gasteiger partial charge in [0.1, 0.15) is 17.4 Å². The summed E-state index contributed by atoms with van der Waals surface area (Å²) in [5, 5.41) is 9.64. The summed E-state index contributed by atoms with van der Waals surface area (Å²) >= 11 is 0. The number of nitrogens with two attached hydrogens (primary N) is 1. The molecular weight excluding hydrogens is 468 g/mol. The molecule has 10 nitrogen and oxygen atoms in total. The van der Waals surface area contributed by atoms with E-state index in [-0.39, 0.29) is 11.9 Å². The highest BCUT2D eigenvalue weighted by atomic mass is 16.5. The van der Waals surface area contributed by atoms with Crippen LogP contribution < -0.4 is 21.7 Å². The maximum atomic E-state index is 13.0. The van der Waals surface area contributed by atoms with Crippen molar-refractivity contribution in [3.8, 4) is 0 Å². The van der Waals surface area contributed by atoms with Gasteiger partial charge >= 0.3 is 0 Å². The Morgan fingerprint density at radius 3 is 2.78 bits per heavy atom. The average molecular weight is 499 g/mol. The minimum absolute atomic E-state index is 0.178. The van der Waals surface area contributed by atoms with E-state index in [4.69, 9.17) is 10.5 Å². The lowest BCUT2D eigenvalue weighted by atomic mass is 9.94. The molecule has 5 rings (SSSR count). The van der Waals surface area contributed by atoms with E-state index in [1.54, 1.807) is 12.3 Å². The largest absolute Gasteiger partial charge is 0.379 e. The molecule has 1 amide bonds. The second-order valence-corrected chi connectivity index (χ2v) is 9.77. The lowest BCUT2D eigenvalue weighted by molar-refractivity contribution is 0.102. The number of aryl methyl sites for hydroxylation is 1. The Kier molecular flexibility index (Phi) is 6.68. The van der Waals surface area contributed by atoms with Gasteiger partial charge in [0.25, 0.3) is 5.91 Å². The van der Waals surface area contributed by atoms with E-state index in [0.717, 1.165) is 29.8 Å². The Bertz CT molecular complexity index is 1440. The minimum Gasteiger partial charge on any atom is -0.379 e. The van der Waals surface area contributed by atoms with E-state index in [2.05, 4.69) is 35.9 Å². The number of hydrogen-bond donors (Lipinski definition) is 4. The number of rotatable bonds is 7. The van der Waals surface area contributed by atoms with Crippen molar-refractivity contribution in [3.05, 3.63) is 71.7 Å². The summed E-state index contributed by atoms with van der Waals surface area (Å²) < 4.78 is 5.43. The lowest BCUT2D eigenvalue weighted by Crippen LogP contribution is -2.29. The van der Waals surface area contributed by atoms with Gasteiger partial charge < -0.3 is 26.4 Å². The first-order valence-corrected chi connectivity index (χ1v) is 12.2. The van der Waals surface area contributed by atoms with Gasteiger partial charge in [0, 0.05) is 29.1 Å². The summed E-state index contributed by atoms with van der Waals surface area (Å²) in [5.41, 5.74) is 10.7. The van der Waals surface area contributed by atoms with Crippen molar-refractivity contribution in [3.63, 3.8) is 0 Å². The standard InChI is InChI=1S/C27H30N8O2/c1-16-7-8-19(32-25(36)17-5-4-6-18(11-17)27(2,3)28)12-21(16)34-24-23-22(30-15-31-24)13-29-26(35-23)33-20-9-10-37-14-20/h4-8,11-13,15,20H,9-10,14,28H2,1-3H3,(H,32,36)(H,29,33,35)(H,30,31,34). The third-order valence-corrected chi connectivity index (χ3v) is 6.26. The van der Waals surface area contributed by atoms with E-state index in [0.29, 0.717) is 40.7 Å². The normalized spacial score (nSPS) is 15.5. The molecule has 2 aromatic heterocycles. The van der Waals surface area contributed by atoms with Gasteiger partial charge in [0.05, 0.1) is 18.8 Å². The quantitative estimate of drug-likeness (QED) is 0.296. The van der Waals surface area contributed by atoms with Crippen LogP contribution in [-0.4, -0.2) is 45.1 Å². The number of carbonyl (C=O) groups is 1. The Balaban J connectivity index is 1.38. The van der Waals surface area contributed by atoms with E-state index >= 15 is 0 Å². The van der Waals surface area contributed by atoms with Crippen LogP contribution in [0.5, 0.6) is 0 Å². The van der Waals surface area contributed by atoms with E-state index in [1.807, 2.05) is 57.2 Å². The smallest absolute Gasteiger partial charge is 0.255 e. The van der Waals surface area contributed by atoms with Crippen molar-refractivity contribution in [1.82, 2.24) is 19.9 Å². The third-order valence-electron chi connectivity index (χ3n) is 6.26. The predicted molar refractivity (Wildman–Crippen MR) is 144 cm³/mol. The van der Waals surface area contributed by atoms with Crippen molar-refractivity contribution in [2.45, 2.75) is 38.8 Å². The number of amides is 1. The number of benzene rings is 2. The highest BCUT2D eigenvalue weighted by Gasteiger charge is 2.18. The lowest BCUT2D eigenvalue weighted by Gasteiger charge is -2.19. The SMILES string of the molecule is Cc1ccc(NC(=O)c2cccc(C(C)(C)N)c2)cc1Nc1ncnc2cnc(NC3CCOC3)nc12. The van der Waals surface area contributed by atoms with Gasteiger partial charge in [-0.3, -0.25) is 4.79 Å². The first-order chi connectivity index (χ1) is 17.8. The Morgan fingerprint density at radius 2 is 2.00 bits per heavy atom. The van der Waals surface area contributed by atoms with Gasteiger partial charge in [-0.25, -0.2) is 19.9 Å². The number of fused-ring (bicyclic) bond motifs is 1. The van der Waals surface area contributed by atoms with E-state index in [9.17, 15) is 4.79 Å². The molecule has 37 heavy (non-hydrogen) atoms. The highest BCUT2D eigenvalue weighted by Crippen LogP contribution is 2.27. The monoisotopic (exact) mass is 498 g/mol. The molecule has 0 saturated carbocycles. The molecule has 4 aromatic rings. The van der Waals surface area contributed by atoms with Gasteiger partial charge in [-0.15, -0.1) is 0 Å². The number of hydrogen-bond acceptors (Lipinski definition) is 9. The number of anilines is 4. The summed E-state index contributed by atoms with van der Waals surface area (Å²) in [6.07, 6.45) is 4.05. The molecule has 1 unspecified atom stereocenters. The maximum Gasteiger partial charge on any atom is 0.255 e. The third kappa shape index (κ3) is 5.65. The van der Waals surface area contributed by atoms with Crippen LogP contribution in [0, 0.1) is 6.92 Å². The zero-order chi connectivity index (χ0) is 26.0. The van der Waals surface area contributed by atoms with Crippen LogP contribution in [0.4, 0.5) is 23.1 Å². The zero-order valence-electron chi connectivity index (χ0n) is 21.1. The Morgan fingerprint density at radius 1 is 1.14 bits per heavy atom. The maximum absolute atomic E-state index is 13.0. The minimum atomic E-state index is -0.540. The van der Waals surface area contributed by atoms with Crippen LogP contribution in [0.1, 0.15) is 41.8 Å². The van der Waals surface area contributed by atoms with Crippen molar-refractivity contribution in [2.24, 2.45) is 5.73 Å². The molecule has 1 aliphatic heterocycles. The number of ether oxygens (including phenoxy) is 1. The number of aromatic nitrogens is 4. The van der Waals surface area contributed by atoms with Crippen LogP contribution >= 0.6 is 0 Å². The second kappa shape index (κ2) is 10.1. The summed E-state index contributed by atoms with van der Waals surface area (Å²) in [6, 6.07) is 13.2. The molecular formula is C27H30N8O2. The van der Waals surface area contributed by atoms with Gasteiger partial charge in [-0.05, 0) is 62.6 Å². The average Bonchev–Trinajstić information content (AvgIpc) is 3.39. The summed E-state index contributed by atoms with van der Waals surface area (Å²) in [7, 11) is 0. The molecule has 0 radical (unpaired) electrons. The molecule has 1 aliphatic rings. The molecule has 190 valence electrons. The number of nitrogens with zero attached hydrogens (tertiary/aromatic N) is 4.